The molecule has 2 aromatic carbocycles. The van der Waals surface area contributed by atoms with Gasteiger partial charge in [-0.1, -0.05) is 6.07 Å². The van der Waals surface area contributed by atoms with Crippen LogP contribution in [-0.2, 0) is 11.2 Å². The minimum Gasteiger partial charge on any atom is -0.475 e. The third-order valence-corrected chi connectivity index (χ3v) is 4.76. The monoisotopic (exact) mass is 518 g/mol. The van der Waals surface area contributed by atoms with Crippen LogP contribution in [-0.4, -0.2) is 45.4 Å². The largest absolute Gasteiger partial charge is 0.490 e. The van der Waals surface area contributed by atoms with Crippen molar-refractivity contribution in [2.45, 2.75) is 12.6 Å². The third kappa shape index (κ3) is 5.86. The number of rotatable bonds is 5. The zero-order valence-electron chi connectivity index (χ0n) is 17.9. The summed E-state index contributed by atoms with van der Waals surface area (Å²) in [6, 6.07) is 9.14. The minimum atomic E-state index is -5.08. The summed E-state index contributed by atoms with van der Waals surface area (Å²) in [6.07, 6.45) is -7.36. The van der Waals surface area contributed by atoms with E-state index < -0.39 is 29.7 Å². The fourth-order valence-electron chi connectivity index (χ4n) is 3.06. The Morgan fingerprint density at radius 3 is 2.39 bits per heavy atom. The van der Waals surface area contributed by atoms with E-state index in [-0.39, 0.29) is 42.4 Å². The number of fused-ring (bicyclic) bond motifs is 1. The van der Waals surface area contributed by atoms with E-state index in [1.807, 2.05) is 0 Å². The molecular formula is C21H16F6N4O5. The van der Waals surface area contributed by atoms with Crippen molar-refractivity contribution in [2.75, 3.05) is 13.3 Å². The SMILES string of the molecule is NCC(Cc1n[nH]c(=O)n1-c1ccc(-c2ccc3c(c2)OCO3)c(F)c1)=C(F)F.O=C(O)C(F)(F)F. The number of nitrogens with two attached hydrogens (primary N) is 1. The Hall–Kier alpha value is -4.27. The fraction of sp³-hybridized carbons (Fsp3) is 0.190. The smallest absolute Gasteiger partial charge is 0.475 e. The molecule has 0 amide bonds. The second kappa shape index (κ2) is 10.6. The molecule has 1 aliphatic heterocycles. The summed E-state index contributed by atoms with van der Waals surface area (Å²) in [6.45, 7) is -0.286. The first kappa shape index (κ1) is 26.3. The first-order valence-electron chi connectivity index (χ1n) is 9.81. The van der Waals surface area contributed by atoms with Crippen LogP contribution in [0.5, 0.6) is 11.5 Å². The van der Waals surface area contributed by atoms with Crippen LogP contribution in [0.3, 0.4) is 0 Å². The summed E-state index contributed by atoms with van der Waals surface area (Å²) in [5.74, 6) is -2.28. The lowest BCUT2D eigenvalue weighted by Crippen LogP contribution is -2.21. The number of hydrogen-bond donors (Lipinski definition) is 3. The van der Waals surface area contributed by atoms with Gasteiger partial charge in [0.25, 0.3) is 6.08 Å². The molecule has 1 aliphatic rings. The van der Waals surface area contributed by atoms with Gasteiger partial charge in [-0.25, -0.2) is 23.6 Å². The maximum absolute atomic E-state index is 14.8. The number of aromatic nitrogens is 3. The maximum atomic E-state index is 14.8. The topological polar surface area (TPSA) is 132 Å². The predicted octanol–water partition coefficient (Wildman–Crippen LogP) is 3.38. The van der Waals surface area contributed by atoms with Gasteiger partial charge in [-0.2, -0.15) is 27.1 Å². The lowest BCUT2D eigenvalue weighted by Gasteiger charge is -2.10. The van der Waals surface area contributed by atoms with E-state index in [4.69, 9.17) is 25.1 Å². The van der Waals surface area contributed by atoms with Crippen molar-refractivity contribution < 1.29 is 45.7 Å². The molecule has 0 atom stereocenters. The number of alkyl halides is 3. The van der Waals surface area contributed by atoms with Crippen LogP contribution < -0.4 is 20.9 Å². The van der Waals surface area contributed by atoms with Crippen LogP contribution in [0.1, 0.15) is 5.82 Å². The number of aliphatic carboxylic acids is 1. The van der Waals surface area contributed by atoms with Crippen molar-refractivity contribution in [3.8, 4) is 28.3 Å². The van der Waals surface area contributed by atoms with Crippen molar-refractivity contribution in [3.63, 3.8) is 0 Å². The van der Waals surface area contributed by atoms with Crippen LogP contribution >= 0.6 is 0 Å². The van der Waals surface area contributed by atoms with E-state index in [2.05, 4.69) is 10.2 Å². The number of ether oxygens (including phenoxy) is 2. The number of carboxylic acids is 1. The Morgan fingerprint density at radius 2 is 1.81 bits per heavy atom. The first-order chi connectivity index (χ1) is 16.9. The summed E-state index contributed by atoms with van der Waals surface area (Å²) in [5.41, 5.74) is 5.28. The number of hydrogen-bond acceptors (Lipinski definition) is 6. The highest BCUT2D eigenvalue weighted by Crippen LogP contribution is 2.36. The van der Waals surface area contributed by atoms with Gasteiger partial charge in [0.2, 0.25) is 6.79 Å². The lowest BCUT2D eigenvalue weighted by atomic mass is 10.0. The van der Waals surface area contributed by atoms with Gasteiger partial charge in [-0.15, -0.1) is 0 Å². The van der Waals surface area contributed by atoms with Crippen molar-refractivity contribution >= 4 is 5.97 Å². The molecule has 0 saturated carbocycles. The summed E-state index contributed by atoms with van der Waals surface area (Å²) < 4.78 is 84.0. The van der Waals surface area contributed by atoms with Crippen molar-refractivity contribution in [3.05, 3.63) is 70.2 Å². The van der Waals surface area contributed by atoms with E-state index in [1.54, 1.807) is 18.2 Å². The van der Waals surface area contributed by atoms with Gasteiger partial charge in [0, 0.05) is 24.1 Å². The van der Waals surface area contributed by atoms with Crippen molar-refractivity contribution in [1.82, 2.24) is 14.8 Å². The Bertz CT molecular complexity index is 1360. The Morgan fingerprint density at radius 1 is 1.14 bits per heavy atom. The molecule has 1 aromatic heterocycles. The molecule has 0 aliphatic carbocycles. The molecule has 0 bridgehead atoms. The van der Waals surface area contributed by atoms with Gasteiger partial charge in [0.1, 0.15) is 11.6 Å². The van der Waals surface area contributed by atoms with Gasteiger partial charge >= 0.3 is 17.8 Å². The van der Waals surface area contributed by atoms with Crippen LogP contribution in [0.2, 0.25) is 0 Å². The minimum absolute atomic E-state index is 0.00141. The molecule has 0 saturated heterocycles. The number of halogens is 6. The molecule has 15 heteroatoms. The second-order valence-electron chi connectivity index (χ2n) is 7.06. The molecule has 3 aromatic rings. The average molecular weight is 518 g/mol. The molecule has 36 heavy (non-hydrogen) atoms. The van der Waals surface area contributed by atoms with E-state index in [1.165, 1.54) is 12.1 Å². The maximum Gasteiger partial charge on any atom is 0.490 e. The molecule has 0 spiro atoms. The van der Waals surface area contributed by atoms with E-state index >= 15 is 0 Å². The molecule has 0 radical (unpaired) electrons. The number of nitrogens with zero attached hydrogens (tertiary/aromatic N) is 2. The summed E-state index contributed by atoms with van der Waals surface area (Å²) >= 11 is 0. The summed E-state index contributed by atoms with van der Waals surface area (Å²) in [7, 11) is 0. The zero-order valence-corrected chi connectivity index (χ0v) is 17.9. The van der Waals surface area contributed by atoms with Gasteiger partial charge < -0.3 is 20.3 Å². The number of nitrogens with one attached hydrogen (secondary N) is 1. The Kier molecular flexibility index (Phi) is 7.72. The Balaban J connectivity index is 0.000000454. The van der Waals surface area contributed by atoms with E-state index in [0.717, 1.165) is 10.6 Å². The van der Waals surface area contributed by atoms with E-state index in [9.17, 15) is 31.1 Å². The first-order valence-corrected chi connectivity index (χ1v) is 9.81. The molecule has 4 N–H and O–H groups in total. The molecular weight excluding hydrogens is 502 g/mol. The molecule has 9 nitrogen and oxygen atoms in total. The lowest BCUT2D eigenvalue weighted by molar-refractivity contribution is -0.192. The zero-order chi connectivity index (χ0) is 26.6. The van der Waals surface area contributed by atoms with Crippen LogP contribution in [0, 0.1) is 5.82 Å². The number of aromatic amines is 1. The number of carboxylic acid groups (broad SMARTS) is 1. The number of carbonyl (C=O) groups is 1. The summed E-state index contributed by atoms with van der Waals surface area (Å²) in [4.78, 5) is 21.0. The predicted molar refractivity (Wildman–Crippen MR) is 111 cm³/mol. The highest BCUT2D eigenvalue weighted by Gasteiger charge is 2.38. The van der Waals surface area contributed by atoms with Crippen LogP contribution in [0.4, 0.5) is 26.3 Å². The fourth-order valence-corrected chi connectivity index (χ4v) is 3.06. The van der Waals surface area contributed by atoms with E-state index in [0.29, 0.717) is 17.1 Å². The number of H-pyrrole nitrogens is 1. The van der Waals surface area contributed by atoms with Crippen LogP contribution in [0.15, 0.2) is 52.8 Å². The van der Waals surface area contributed by atoms with Crippen LogP contribution in [0.25, 0.3) is 16.8 Å². The molecule has 0 fully saturated rings. The normalized spacial score (nSPS) is 12.1. The standard InChI is InChI=1S/C19H15F3N4O3.C2HF3O2/c20-14-7-12(26-17(24-25-19(26)27)6-11(8-23)18(21)22)2-3-13(14)10-1-4-15-16(5-10)29-9-28-15;3-2(4,5)1(6)7/h1-5,7H,6,8-9,23H2,(H,25,27);(H,6,7). The van der Waals surface area contributed by atoms with Gasteiger partial charge in [-0.05, 0) is 35.9 Å². The summed E-state index contributed by atoms with van der Waals surface area (Å²) in [5, 5.41) is 13.1. The van der Waals surface area contributed by atoms with Gasteiger partial charge in [-0.3, -0.25) is 0 Å². The second-order valence-corrected chi connectivity index (χ2v) is 7.06. The highest BCUT2D eigenvalue weighted by molar-refractivity contribution is 5.73. The number of benzene rings is 2. The molecule has 0 unspecified atom stereocenters. The van der Waals surface area contributed by atoms with Crippen molar-refractivity contribution in [1.29, 1.82) is 0 Å². The Labute approximate surface area is 197 Å². The third-order valence-electron chi connectivity index (χ3n) is 4.76. The molecule has 2 heterocycles. The quantitative estimate of drug-likeness (QED) is 0.441. The molecule has 192 valence electrons. The average Bonchev–Trinajstić information content (AvgIpc) is 3.42. The van der Waals surface area contributed by atoms with Gasteiger partial charge in [0.05, 0.1) is 5.69 Å². The van der Waals surface area contributed by atoms with Gasteiger partial charge in [0.15, 0.2) is 11.5 Å². The highest BCUT2D eigenvalue weighted by atomic mass is 19.4. The van der Waals surface area contributed by atoms with Crippen molar-refractivity contribution in [2.24, 2.45) is 5.73 Å². The molecule has 4 rings (SSSR count).